The molecule has 38 heavy (non-hydrogen) atoms. The number of carbonyl (C=O) groups excluding carboxylic acids is 4. The molecule has 0 saturated heterocycles. The van der Waals surface area contributed by atoms with E-state index in [1.165, 1.54) is 24.3 Å². The van der Waals surface area contributed by atoms with Gasteiger partial charge >= 0.3 is 5.97 Å². The number of hydrogen-bond donors (Lipinski definition) is 7. The molecule has 206 valence electrons. The van der Waals surface area contributed by atoms with Crippen molar-refractivity contribution in [3.8, 4) is 0 Å². The molecular weight excluding hydrogens is 514 g/mol. The van der Waals surface area contributed by atoms with Crippen molar-refractivity contribution in [3.63, 3.8) is 0 Å². The zero-order valence-electron chi connectivity index (χ0n) is 20.9. The molecule has 2 rings (SSSR count). The monoisotopic (exact) mass is 547 g/mol. The molecule has 0 radical (unpaired) electrons. The van der Waals surface area contributed by atoms with Crippen LogP contribution in [-0.2, 0) is 36.8 Å². The average molecular weight is 548 g/mol. The van der Waals surface area contributed by atoms with Crippen LogP contribution in [0, 0.1) is 0 Å². The Hall–Kier alpha value is -3.91. The number of nitrogens with zero attached hydrogens (tertiary/aromatic N) is 1. The van der Waals surface area contributed by atoms with E-state index in [4.69, 9.17) is 11.5 Å². The van der Waals surface area contributed by atoms with Gasteiger partial charge in [0.25, 0.3) is 0 Å². The van der Waals surface area contributed by atoms with Crippen LogP contribution >= 0.6 is 11.8 Å². The first kappa shape index (κ1) is 30.3. The van der Waals surface area contributed by atoms with Crippen molar-refractivity contribution in [2.45, 2.75) is 49.9 Å². The molecule has 9 N–H and O–H groups in total. The molecule has 4 amide bonds. The third kappa shape index (κ3) is 10.2. The van der Waals surface area contributed by atoms with E-state index in [9.17, 15) is 29.1 Å². The van der Waals surface area contributed by atoms with E-state index in [2.05, 4.69) is 25.9 Å². The molecule has 2 aromatic rings. The van der Waals surface area contributed by atoms with Crippen molar-refractivity contribution in [2.24, 2.45) is 11.5 Å². The van der Waals surface area contributed by atoms with Gasteiger partial charge in [-0.3, -0.25) is 19.2 Å². The molecule has 0 bridgehead atoms. The Morgan fingerprint density at radius 2 is 1.61 bits per heavy atom. The Bertz CT molecular complexity index is 1080. The second-order valence-corrected chi connectivity index (χ2v) is 9.54. The van der Waals surface area contributed by atoms with Gasteiger partial charge in [0.05, 0.1) is 18.8 Å². The highest BCUT2D eigenvalue weighted by Crippen LogP contribution is 2.06. The third-order valence-electron chi connectivity index (χ3n) is 5.51. The fourth-order valence-corrected chi connectivity index (χ4v) is 3.98. The molecule has 0 saturated carbocycles. The number of aromatic nitrogens is 2. The number of aromatic amines is 1. The van der Waals surface area contributed by atoms with Crippen LogP contribution in [0.4, 0.5) is 0 Å². The van der Waals surface area contributed by atoms with E-state index >= 15 is 0 Å². The number of carboxylic acid groups (broad SMARTS) is 1. The lowest BCUT2D eigenvalue weighted by atomic mass is 10.0. The van der Waals surface area contributed by atoms with Crippen molar-refractivity contribution in [2.75, 3.05) is 12.0 Å². The molecule has 1 aromatic heterocycles. The number of nitrogens with one attached hydrogen (secondary N) is 4. The Morgan fingerprint density at radius 3 is 2.18 bits per heavy atom. The van der Waals surface area contributed by atoms with Crippen molar-refractivity contribution in [3.05, 3.63) is 54.1 Å². The summed E-state index contributed by atoms with van der Waals surface area (Å²) in [5.74, 6) is -3.89. The summed E-state index contributed by atoms with van der Waals surface area (Å²) in [5.41, 5.74) is 12.6. The van der Waals surface area contributed by atoms with Gasteiger partial charge in [-0.2, -0.15) is 11.8 Å². The fourth-order valence-electron chi connectivity index (χ4n) is 3.51. The van der Waals surface area contributed by atoms with Gasteiger partial charge in [0, 0.05) is 18.3 Å². The minimum absolute atomic E-state index is 0.0583. The molecule has 0 aliphatic heterocycles. The summed E-state index contributed by atoms with van der Waals surface area (Å²) >= 11 is 1.42. The Balaban J connectivity index is 2.16. The Morgan fingerprint density at radius 1 is 0.974 bits per heavy atom. The molecule has 0 aliphatic carbocycles. The average Bonchev–Trinajstić information content (AvgIpc) is 3.38. The zero-order valence-corrected chi connectivity index (χ0v) is 21.7. The van der Waals surface area contributed by atoms with Crippen LogP contribution in [0.25, 0.3) is 0 Å². The lowest BCUT2D eigenvalue weighted by Gasteiger charge is -2.24. The van der Waals surface area contributed by atoms with Crippen molar-refractivity contribution in [1.29, 1.82) is 0 Å². The number of amides is 4. The maximum Gasteiger partial charge on any atom is 0.326 e. The molecule has 14 heteroatoms. The van der Waals surface area contributed by atoms with Crippen LogP contribution in [0.15, 0.2) is 42.9 Å². The van der Waals surface area contributed by atoms with Crippen LogP contribution in [0.3, 0.4) is 0 Å². The maximum atomic E-state index is 13.1. The molecule has 1 aromatic carbocycles. The summed E-state index contributed by atoms with van der Waals surface area (Å²) in [6, 6.07) is 4.15. The van der Waals surface area contributed by atoms with Crippen LogP contribution < -0.4 is 27.4 Å². The summed E-state index contributed by atoms with van der Waals surface area (Å²) in [7, 11) is 0. The lowest BCUT2D eigenvalue weighted by molar-refractivity contribution is -0.142. The minimum atomic E-state index is -1.41. The van der Waals surface area contributed by atoms with Crippen molar-refractivity contribution in [1.82, 2.24) is 25.9 Å². The number of thioether (sulfide) groups is 1. The van der Waals surface area contributed by atoms with E-state index in [0.717, 1.165) is 5.56 Å². The van der Waals surface area contributed by atoms with E-state index in [1.54, 1.807) is 30.5 Å². The lowest BCUT2D eigenvalue weighted by Crippen LogP contribution is -2.58. The van der Waals surface area contributed by atoms with Crippen molar-refractivity contribution >= 4 is 41.4 Å². The van der Waals surface area contributed by atoms with Gasteiger partial charge in [-0.1, -0.05) is 30.3 Å². The molecule has 0 spiro atoms. The van der Waals surface area contributed by atoms with Gasteiger partial charge in [0.1, 0.15) is 18.1 Å². The summed E-state index contributed by atoms with van der Waals surface area (Å²) < 4.78 is 0. The van der Waals surface area contributed by atoms with E-state index < -0.39 is 60.2 Å². The highest BCUT2D eigenvalue weighted by molar-refractivity contribution is 7.98. The first-order chi connectivity index (χ1) is 18.1. The second kappa shape index (κ2) is 15.4. The first-order valence-corrected chi connectivity index (χ1v) is 13.2. The highest BCUT2D eigenvalue weighted by Gasteiger charge is 2.31. The number of primary amides is 1. The van der Waals surface area contributed by atoms with E-state index in [0.29, 0.717) is 11.4 Å². The number of benzene rings is 1. The van der Waals surface area contributed by atoms with Gasteiger partial charge < -0.3 is 37.5 Å². The maximum absolute atomic E-state index is 13.1. The topological polar surface area (TPSA) is 222 Å². The molecule has 13 nitrogen and oxygen atoms in total. The van der Waals surface area contributed by atoms with Crippen molar-refractivity contribution < 1.29 is 29.1 Å². The van der Waals surface area contributed by atoms with E-state index in [1.807, 2.05) is 6.07 Å². The standard InChI is InChI=1S/C24H33N7O6S/c1-38-8-7-17(24(36)37)29-22(34)18(10-15-12-27-13-28-15)31-23(35)19(11-20(26)32)30-21(33)16(25)9-14-5-3-2-4-6-14/h2-6,12-13,16-19H,7-11,25H2,1H3,(H2,26,32)(H,27,28)(H,29,34)(H,30,33)(H,31,35)(H,36,37). The third-order valence-corrected chi connectivity index (χ3v) is 6.15. The number of hydrogen-bond acceptors (Lipinski definition) is 8. The summed E-state index contributed by atoms with van der Waals surface area (Å²) in [4.78, 5) is 68.8. The fraction of sp³-hybridized carbons (Fsp3) is 0.417. The van der Waals surface area contributed by atoms with Crippen LogP contribution in [0.5, 0.6) is 0 Å². The van der Waals surface area contributed by atoms with Gasteiger partial charge in [-0.15, -0.1) is 0 Å². The number of aliphatic carboxylic acids is 1. The molecular formula is C24H33N7O6S. The van der Waals surface area contributed by atoms with E-state index in [-0.39, 0.29) is 19.3 Å². The molecule has 4 atom stereocenters. The number of rotatable bonds is 16. The number of imidazole rings is 1. The highest BCUT2D eigenvalue weighted by atomic mass is 32.2. The van der Waals surface area contributed by atoms with Crippen LogP contribution in [0.2, 0.25) is 0 Å². The second-order valence-electron chi connectivity index (χ2n) is 8.55. The predicted octanol–water partition coefficient (Wildman–Crippen LogP) is -1.31. The predicted molar refractivity (Wildman–Crippen MR) is 141 cm³/mol. The minimum Gasteiger partial charge on any atom is -0.480 e. The normalized spacial score (nSPS) is 13.9. The molecule has 0 fully saturated rings. The number of carboxylic acids is 1. The number of nitrogens with two attached hydrogens (primary N) is 2. The molecule has 0 aliphatic rings. The molecule has 4 unspecified atom stereocenters. The molecule has 1 heterocycles. The summed E-state index contributed by atoms with van der Waals surface area (Å²) in [5, 5.41) is 16.8. The largest absolute Gasteiger partial charge is 0.480 e. The summed E-state index contributed by atoms with van der Waals surface area (Å²) in [6.07, 6.45) is 4.40. The van der Waals surface area contributed by atoms with Gasteiger partial charge in [0.15, 0.2) is 0 Å². The number of H-pyrrole nitrogens is 1. The summed E-state index contributed by atoms with van der Waals surface area (Å²) in [6.45, 7) is 0. The number of carbonyl (C=O) groups is 5. The van der Waals surface area contributed by atoms with Crippen LogP contribution in [0.1, 0.15) is 24.1 Å². The van der Waals surface area contributed by atoms with Gasteiger partial charge in [-0.05, 0) is 30.4 Å². The Labute approximate surface area is 223 Å². The van der Waals surface area contributed by atoms with Gasteiger partial charge in [-0.25, -0.2) is 9.78 Å². The first-order valence-electron chi connectivity index (χ1n) is 11.8. The zero-order chi connectivity index (χ0) is 28.1. The SMILES string of the molecule is CSCCC(NC(=O)C(Cc1cnc[nH]1)NC(=O)C(CC(N)=O)NC(=O)C(N)Cc1ccccc1)C(=O)O. The van der Waals surface area contributed by atoms with Crippen LogP contribution in [-0.4, -0.2) is 80.8 Å². The Kier molecular flexibility index (Phi) is 12.3. The quantitative estimate of drug-likeness (QED) is 0.132. The van der Waals surface area contributed by atoms with Gasteiger partial charge in [0.2, 0.25) is 23.6 Å². The smallest absolute Gasteiger partial charge is 0.326 e.